The van der Waals surface area contributed by atoms with Gasteiger partial charge in [0.15, 0.2) is 11.7 Å². The Hall–Kier alpha value is -2.68. The summed E-state index contributed by atoms with van der Waals surface area (Å²) < 4.78 is 59.0. The van der Waals surface area contributed by atoms with E-state index in [0.717, 1.165) is 4.31 Å². The molecule has 162 valence electrons. The van der Waals surface area contributed by atoms with E-state index in [1.807, 2.05) is 0 Å². The van der Waals surface area contributed by atoms with Gasteiger partial charge in [0.05, 0.1) is 18.6 Å². The Morgan fingerprint density at radius 2 is 1.86 bits per heavy atom. The van der Waals surface area contributed by atoms with Gasteiger partial charge in [0.2, 0.25) is 0 Å². The molecule has 14 heteroatoms. The van der Waals surface area contributed by atoms with Crippen LogP contribution in [0.1, 0.15) is 12.0 Å². The summed E-state index contributed by atoms with van der Waals surface area (Å²) in [6.45, 7) is 0.185. The minimum absolute atomic E-state index is 0.185. The lowest BCUT2D eigenvalue weighted by Gasteiger charge is -2.17. The van der Waals surface area contributed by atoms with E-state index in [9.17, 15) is 21.6 Å². The Balaban J connectivity index is 0.000000749. The number of para-hydroxylation sites is 1. The summed E-state index contributed by atoms with van der Waals surface area (Å²) in [6.07, 6.45) is 2.61. The first-order valence-corrected chi connectivity index (χ1v) is 11.2. The lowest BCUT2D eigenvalue weighted by atomic mass is 10.1. The highest BCUT2D eigenvalue weighted by Gasteiger charge is 2.21. The van der Waals surface area contributed by atoms with Crippen molar-refractivity contribution in [2.24, 2.45) is 5.73 Å². The molecule has 0 spiro atoms. The van der Waals surface area contributed by atoms with Gasteiger partial charge in [0, 0.05) is 31.7 Å². The van der Waals surface area contributed by atoms with Crippen molar-refractivity contribution >= 4 is 44.0 Å². The van der Waals surface area contributed by atoms with E-state index < -0.39 is 32.2 Å². The van der Waals surface area contributed by atoms with Crippen molar-refractivity contribution in [3.05, 3.63) is 29.3 Å². The van der Waals surface area contributed by atoms with Crippen molar-refractivity contribution in [1.29, 1.82) is 5.41 Å². The highest BCUT2D eigenvalue weighted by atomic mass is 32.2. The van der Waals surface area contributed by atoms with Crippen molar-refractivity contribution in [2.45, 2.75) is 6.42 Å². The number of fused-ring (bicyclic) bond motifs is 1. The van der Waals surface area contributed by atoms with Crippen LogP contribution in [0, 0.1) is 5.41 Å². The molecule has 1 aliphatic rings. The topological polar surface area (TPSA) is 192 Å². The zero-order valence-corrected chi connectivity index (χ0v) is 17.6. The summed E-state index contributed by atoms with van der Waals surface area (Å²) in [5.74, 6) is -0.592. The Morgan fingerprint density at radius 1 is 1.28 bits per heavy atom. The number of benzene rings is 1. The monoisotopic (exact) mass is 449 g/mol. The van der Waals surface area contributed by atoms with Crippen molar-refractivity contribution < 1.29 is 30.9 Å². The molecule has 0 saturated heterocycles. The summed E-state index contributed by atoms with van der Waals surface area (Å²) in [6, 6.07) is 4.93. The van der Waals surface area contributed by atoms with Gasteiger partial charge in [0.25, 0.3) is 16.0 Å². The van der Waals surface area contributed by atoms with Gasteiger partial charge in [0.1, 0.15) is 0 Å². The number of hydrogen-bond acceptors (Lipinski definition) is 7. The van der Waals surface area contributed by atoms with Crippen molar-refractivity contribution in [1.82, 2.24) is 9.62 Å². The number of anilines is 1. The molecular formula is C15H23N5O7S2. The second-order valence-corrected chi connectivity index (χ2v) is 9.33. The van der Waals surface area contributed by atoms with E-state index in [-0.39, 0.29) is 12.3 Å². The lowest BCUT2D eigenvalue weighted by Crippen LogP contribution is -2.36. The summed E-state index contributed by atoms with van der Waals surface area (Å²) in [7, 11) is -4.53. The standard InChI is InChI=1S/C14H19N5O4S.CH4O3S/c1-19(2)24(21,22)18-11-5-3-4-9-8-10(6-7-23-12(9)11)13(20)17-14(15)16;1-5(2,3)4/h3-5,8,18H,6-7H2,1-2H3,(H4,15,16,17,20);1H3,(H,2,3,4). The Kier molecular flexibility index (Phi) is 8.14. The molecule has 0 aromatic heterocycles. The highest BCUT2D eigenvalue weighted by Crippen LogP contribution is 2.34. The summed E-state index contributed by atoms with van der Waals surface area (Å²) in [5, 5.41) is 9.34. The van der Waals surface area contributed by atoms with Gasteiger partial charge in [-0.3, -0.25) is 24.8 Å². The van der Waals surface area contributed by atoms with Gasteiger partial charge >= 0.3 is 10.2 Å². The second-order valence-electron chi connectivity index (χ2n) is 5.98. The maximum Gasteiger partial charge on any atom is 0.301 e. The number of ether oxygens (including phenoxy) is 1. The summed E-state index contributed by atoms with van der Waals surface area (Å²) in [4.78, 5) is 12.0. The van der Waals surface area contributed by atoms with Crippen molar-refractivity contribution in [3.63, 3.8) is 0 Å². The highest BCUT2D eigenvalue weighted by molar-refractivity contribution is 7.90. The van der Waals surface area contributed by atoms with Crippen LogP contribution in [0.15, 0.2) is 23.8 Å². The van der Waals surface area contributed by atoms with Crippen molar-refractivity contribution in [3.8, 4) is 5.75 Å². The summed E-state index contributed by atoms with van der Waals surface area (Å²) >= 11 is 0. The first-order chi connectivity index (χ1) is 13.2. The number of nitrogens with zero attached hydrogens (tertiary/aromatic N) is 1. The molecule has 0 saturated carbocycles. The van der Waals surface area contributed by atoms with Gasteiger partial charge in [-0.05, 0) is 12.1 Å². The van der Waals surface area contributed by atoms with Gasteiger partial charge < -0.3 is 10.5 Å². The molecule has 2 rings (SSSR count). The molecule has 0 bridgehead atoms. The molecule has 1 aromatic rings. The normalized spacial score (nSPS) is 13.6. The quantitative estimate of drug-likeness (QED) is 0.232. The van der Waals surface area contributed by atoms with E-state index in [2.05, 4.69) is 10.0 Å². The number of carbonyl (C=O) groups excluding carboxylic acids is 1. The van der Waals surface area contributed by atoms with Crippen LogP contribution in [0.25, 0.3) is 6.08 Å². The molecule has 1 heterocycles. The van der Waals surface area contributed by atoms with Gasteiger partial charge in [-0.2, -0.15) is 21.1 Å². The zero-order valence-electron chi connectivity index (χ0n) is 16.0. The van der Waals surface area contributed by atoms with Gasteiger partial charge in [-0.15, -0.1) is 0 Å². The molecule has 1 aliphatic heterocycles. The molecule has 0 atom stereocenters. The molecule has 0 fully saturated rings. The van der Waals surface area contributed by atoms with Gasteiger partial charge in [-0.25, -0.2) is 0 Å². The van der Waals surface area contributed by atoms with E-state index in [0.29, 0.717) is 29.6 Å². The van der Waals surface area contributed by atoms with Crippen LogP contribution in [0.4, 0.5) is 5.69 Å². The maximum atomic E-state index is 12.0. The minimum Gasteiger partial charge on any atom is -0.490 e. The Morgan fingerprint density at radius 3 is 2.38 bits per heavy atom. The molecule has 0 radical (unpaired) electrons. The number of carbonyl (C=O) groups is 1. The minimum atomic E-state index is -3.68. The molecule has 29 heavy (non-hydrogen) atoms. The molecule has 1 amide bonds. The number of amides is 1. The Bertz CT molecular complexity index is 1010. The predicted octanol–water partition coefficient (Wildman–Crippen LogP) is -0.416. The van der Waals surface area contributed by atoms with Crippen LogP contribution in [-0.4, -0.2) is 64.5 Å². The average Bonchev–Trinajstić information content (AvgIpc) is 2.75. The van der Waals surface area contributed by atoms with E-state index in [1.54, 1.807) is 24.3 Å². The molecule has 6 N–H and O–H groups in total. The fourth-order valence-electron chi connectivity index (χ4n) is 2.04. The van der Waals surface area contributed by atoms with E-state index in [1.165, 1.54) is 14.1 Å². The van der Waals surface area contributed by atoms with Crippen LogP contribution >= 0.6 is 0 Å². The van der Waals surface area contributed by atoms with Gasteiger partial charge in [-0.1, -0.05) is 12.1 Å². The largest absolute Gasteiger partial charge is 0.490 e. The average molecular weight is 450 g/mol. The fourth-order valence-corrected chi connectivity index (χ4v) is 2.67. The third-order valence-corrected chi connectivity index (χ3v) is 4.69. The van der Waals surface area contributed by atoms with Crippen LogP contribution in [0.3, 0.4) is 0 Å². The first kappa shape index (κ1) is 24.4. The third-order valence-electron chi connectivity index (χ3n) is 3.25. The van der Waals surface area contributed by atoms with E-state index >= 15 is 0 Å². The molecular weight excluding hydrogens is 426 g/mol. The maximum absolute atomic E-state index is 12.0. The third kappa shape index (κ3) is 8.47. The zero-order chi connectivity index (χ0) is 22.4. The number of rotatable bonds is 4. The number of hydrogen-bond donors (Lipinski definition) is 5. The number of guanidine groups is 1. The smallest absolute Gasteiger partial charge is 0.301 e. The molecule has 12 nitrogen and oxygen atoms in total. The van der Waals surface area contributed by atoms with Crippen molar-refractivity contribution in [2.75, 3.05) is 31.7 Å². The van der Waals surface area contributed by atoms with Crippen LogP contribution in [0.2, 0.25) is 0 Å². The predicted molar refractivity (Wildman–Crippen MR) is 108 cm³/mol. The molecule has 0 unspecified atom stereocenters. The van der Waals surface area contributed by atoms with Crippen LogP contribution in [-0.2, 0) is 25.1 Å². The number of nitrogens with two attached hydrogens (primary N) is 1. The van der Waals surface area contributed by atoms with Crippen LogP contribution < -0.4 is 20.5 Å². The fraction of sp³-hybridized carbons (Fsp3) is 0.333. The number of nitrogens with one attached hydrogen (secondary N) is 3. The first-order valence-electron chi connectivity index (χ1n) is 7.95. The lowest BCUT2D eigenvalue weighted by molar-refractivity contribution is -0.116. The SMILES string of the molecule is CN(C)S(=O)(=O)Nc1cccc2c1OCCC(C(=O)NC(=N)N)=C2.CS(=O)(=O)O. The van der Waals surface area contributed by atoms with Crippen LogP contribution in [0.5, 0.6) is 5.75 Å². The molecule has 1 aromatic carbocycles. The van der Waals surface area contributed by atoms with E-state index in [4.69, 9.17) is 20.4 Å². The molecule has 0 aliphatic carbocycles. The summed E-state index contributed by atoms with van der Waals surface area (Å²) in [5.41, 5.74) is 6.39. The Labute approximate surface area is 169 Å². The second kappa shape index (κ2) is 9.69.